The zero-order valence-corrected chi connectivity index (χ0v) is 13.4. The van der Waals surface area contributed by atoms with Gasteiger partial charge in [-0.1, -0.05) is 24.3 Å². The van der Waals surface area contributed by atoms with Gasteiger partial charge in [-0.2, -0.15) is 0 Å². The van der Waals surface area contributed by atoms with Gasteiger partial charge in [-0.15, -0.1) is 11.8 Å². The maximum absolute atomic E-state index is 5.96. The van der Waals surface area contributed by atoms with Crippen molar-refractivity contribution in [3.63, 3.8) is 0 Å². The number of hydrogen-bond donors (Lipinski definition) is 2. The lowest BCUT2D eigenvalue weighted by molar-refractivity contribution is 0.912. The summed E-state index contributed by atoms with van der Waals surface area (Å²) in [7, 11) is 0. The van der Waals surface area contributed by atoms with Crippen molar-refractivity contribution in [1.82, 2.24) is 0 Å². The van der Waals surface area contributed by atoms with Crippen LogP contribution >= 0.6 is 11.8 Å². The monoisotopic (exact) mass is 311 g/mol. The Kier molecular flexibility index (Phi) is 5.01. The average molecular weight is 311 g/mol. The maximum atomic E-state index is 5.96. The third kappa shape index (κ3) is 4.04. The van der Waals surface area contributed by atoms with Crippen molar-refractivity contribution in [3.05, 3.63) is 59.7 Å². The first kappa shape index (κ1) is 15.0. The molecule has 0 atom stereocenters. The Bertz CT molecular complexity index is 653. The average Bonchev–Trinajstić information content (AvgIpc) is 3.00. The molecule has 3 nitrogen and oxygen atoms in total. The number of thioether (sulfide) groups is 1. The summed E-state index contributed by atoms with van der Waals surface area (Å²) in [6, 6.07) is 16.8. The molecule has 0 aliphatic heterocycles. The van der Waals surface area contributed by atoms with E-state index in [9.17, 15) is 0 Å². The predicted octanol–water partition coefficient (Wildman–Crippen LogP) is 3.69. The summed E-state index contributed by atoms with van der Waals surface area (Å²) < 4.78 is 0. The van der Waals surface area contributed by atoms with Crippen LogP contribution in [0.4, 0.5) is 5.69 Å². The molecule has 0 unspecified atom stereocenters. The lowest BCUT2D eigenvalue weighted by Crippen LogP contribution is -2.23. The second-order valence-corrected chi connectivity index (χ2v) is 6.56. The van der Waals surface area contributed by atoms with E-state index >= 15 is 0 Å². The molecule has 4 heteroatoms. The fourth-order valence-corrected chi connectivity index (χ4v) is 3.45. The second-order valence-electron chi connectivity index (χ2n) is 5.39. The molecule has 3 N–H and O–H groups in total. The SMILES string of the molecule is NC(=NCCSc1ccccc1)Nc1ccc2c(c1)CCC2. The molecule has 2 aromatic carbocycles. The van der Waals surface area contributed by atoms with Crippen molar-refractivity contribution in [1.29, 1.82) is 0 Å². The maximum Gasteiger partial charge on any atom is 0.193 e. The Balaban J connectivity index is 1.48. The van der Waals surface area contributed by atoms with Crippen LogP contribution in [0.5, 0.6) is 0 Å². The Morgan fingerprint density at radius 3 is 2.77 bits per heavy atom. The number of aryl methyl sites for hydroxylation is 2. The van der Waals surface area contributed by atoms with Crippen molar-refractivity contribution in [2.75, 3.05) is 17.6 Å². The minimum absolute atomic E-state index is 0.492. The highest BCUT2D eigenvalue weighted by Crippen LogP contribution is 2.24. The summed E-state index contributed by atoms with van der Waals surface area (Å²) in [6.07, 6.45) is 3.64. The molecule has 3 rings (SSSR count). The Hall–Kier alpha value is -1.94. The number of benzene rings is 2. The zero-order valence-electron chi connectivity index (χ0n) is 12.6. The fourth-order valence-electron chi connectivity index (χ4n) is 2.68. The molecule has 1 aliphatic carbocycles. The van der Waals surface area contributed by atoms with Crippen LogP contribution in [0.25, 0.3) is 0 Å². The van der Waals surface area contributed by atoms with E-state index in [1.165, 1.54) is 35.3 Å². The molecule has 22 heavy (non-hydrogen) atoms. The summed E-state index contributed by atoms with van der Waals surface area (Å²) in [5.41, 5.74) is 9.91. The van der Waals surface area contributed by atoms with Crippen molar-refractivity contribution in [2.45, 2.75) is 24.2 Å². The molecule has 0 saturated heterocycles. The van der Waals surface area contributed by atoms with Crippen molar-refractivity contribution >= 4 is 23.4 Å². The summed E-state index contributed by atoms with van der Waals surface area (Å²) >= 11 is 1.79. The van der Waals surface area contributed by atoms with Crippen molar-refractivity contribution in [3.8, 4) is 0 Å². The number of fused-ring (bicyclic) bond motifs is 1. The number of nitrogens with zero attached hydrogens (tertiary/aromatic N) is 1. The van der Waals surface area contributed by atoms with Gasteiger partial charge in [-0.3, -0.25) is 4.99 Å². The van der Waals surface area contributed by atoms with Crippen LogP contribution in [-0.2, 0) is 12.8 Å². The summed E-state index contributed by atoms with van der Waals surface area (Å²) in [5, 5.41) is 3.19. The number of hydrogen-bond acceptors (Lipinski definition) is 2. The van der Waals surface area contributed by atoms with Gasteiger partial charge in [0.15, 0.2) is 5.96 Å². The molecule has 2 aromatic rings. The minimum Gasteiger partial charge on any atom is -0.370 e. The number of anilines is 1. The van der Waals surface area contributed by atoms with E-state index in [0.29, 0.717) is 12.5 Å². The van der Waals surface area contributed by atoms with E-state index in [1.54, 1.807) is 11.8 Å². The van der Waals surface area contributed by atoms with Gasteiger partial charge in [-0.25, -0.2) is 0 Å². The number of nitrogens with two attached hydrogens (primary N) is 1. The highest BCUT2D eigenvalue weighted by Gasteiger charge is 2.10. The quantitative estimate of drug-likeness (QED) is 0.383. The molecule has 0 spiro atoms. The van der Waals surface area contributed by atoms with Crippen LogP contribution in [-0.4, -0.2) is 18.3 Å². The molecular formula is C18H21N3S. The number of guanidine groups is 1. The first-order valence-electron chi connectivity index (χ1n) is 7.68. The summed E-state index contributed by atoms with van der Waals surface area (Å²) in [5.74, 6) is 1.42. The van der Waals surface area contributed by atoms with E-state index in [-0.39, 0.29) is 0 Å². The number of rotatable bonds is 5. The smallest absolute Gasteiger partial charge is 0.193 e. The van der Waals surface area contributed by atoms with Crippen LogP contribution in [0.2, 0.25) is 0 Å². The lowest BCUT2D eigenvalue weighted by Gasteiger charge is -2.08. The molecule has 1 aliphatic rings. The van der Waals surface area contributed by atoms with Gasteiger partial charge in [0.25, 0.3) is 0 Å². The molecule has 0 heterocycles. The van der Waals surface area contributed by atoms with Crippen LogP contribution in [0.15, 0.2) is 58.4 Å². The van der Waals surface area contributed by atoms with Crippen LogP contribution in [0, 0.1) is 0 Å². The Labute approximate surface area is 136 Å². The van der Waals surface area contributed by atoms with Gasteiger partial charge in [0.1, 0.15) is 0 Å². The standard InChI is InChI=1S/C18H21N3S/c19-18(20-11-12-22-17-7-2-1-3-8-17)21-16-10-9-14-5-4-6-15(14)13-16/h1-3,7-10,13H,4-6,11-12H2,(H3,19,20,21). The molecule has 114 valence electrons. The molecular weight excluding hydrogens is 290 g/mol. The van der Waals surface area contributed by atoms with Crippen LogP contribution in [0.1, 0.15) is 17.5 Å². The highest BCUT2D eigenvalue weighted by molar-refractivity contribution is 7.99. The van der Waals surface area contributed by atoms with Gasteiger partial charge < -0.3 is 11.1 Å². The van der Waals surface area contributed by atoms with Gasteiger partial charge in [0.05, 0.1) is 6.54 Å². The molecule has 0 saturated carbocycles. The lowest BCUT2D eigenvalue weighted by atomic mass is 10.1. The summed E-state index contributed by atoms with van der Waals surface area (Å²) in [6.45, 7) is 0.712. The molecule has 0 amide bonds. The topological polar surface area (TPSA) is 50.4 Å². The van der Waals surface area contributed by atoms with E-state index in [4.69, 9.17) is 5.73 Å². The number of nitrogens with one attached hydrogen (secondary N) is 1. The number of aliphatic imine (C=N–C) groups is 1. The third-order valence-electron chi connectivity index (χ3n) is 3.76. The Morgan fingerprint density at radius 2 is 1.91 bits per heavy atom. The molecule has 0 radical (unpaired) electrons. The van der Waals surface area contributed by atoms with E-state index in [2.05, 4.69) is 52.8 Å². The summed E-state index contributed by atoms with van der Waals surface area (Å²) in [4.78, 5) is 5.66. The van der Waals surface area contributed by atoms with E-state index in [0.717, 1.165) is 11.4 Å². The Morgan fingerprint density at radius 1 is 1.09 bits per heavy atom. The normalized spacial score (nSPS) is 13.9. The van der Waals surface area contributed by atoms with Crippen LogP contribution in [0.3, 0.4) is 0 Å². The highest BCUT2D eigenvalue weighted by atomic mass is 32.2. The minimum atomic E-state index is 0.492. The largest absolute Gasteiger partial charge is 0.370 e. The first-order chi connectivity index (χ1) is 10.8. The molecule has 0 aromatic heterocycles. The van der Waals surface area contributed by atoms with Crippen molar-refractivity contribution < 1.29 is 0 Å². The molecule has 0 fully saturated rings. The molecule has 0 bridgehead atoms. The van der Waals surface area contributed by atoms with Gasteiger partial charge in [0, 0.05) is 16.3 Å². The van der Waals surface area contributed by atoms with Crippen LogP contribution < -0.4 is 11.1 Å². The zero-order chi connectivity index (χ0) is 15.2. The first-order valence-corrected chi connectivity index (χ1v) is 8.66. The van der Waals surface area contributed by atoms with E-state index < -0.39 is 0 Å². The van der Waals surface area contributed by atoms with E-state index in [1.807, 2.05) is 6.07 Å². The van der Waals surface area contributed by atoms with Gasteiger partial charge in [-0.05, 0) is 54.7 Å². The van der Waals surface area contributed by atoms with Crippen molar-refractivity contribution in [2.24, 2.45) is 10.7 Å². The second kappa shape index (κ2) is 7.36. The predicted molar refractivity (Wildman–Crippen MR) is 95.7 cm³/mol. The van der Waals surface area contributed by atoms with Gasteiger partial charge in [0.2, 0.25) is 0 Å². The van der Waals surface area contributed by atoms with Gasteiger partial charge >= 0.3 is 0 Å². The fraction of sp³-hybridized carbons (Fsp3) is 0.278. The third-order valence-corrected chi connectivity index (χ3v) is 4.75.